The Hall–Kier alpha value is -6.51. The van der Waals surface area contributed by atoms with Gasteiger partial charge in [-0.25, -0.2) is 30.0 Å². The molecule has 5 rings (SSSR count). The molecule has 0 aliphatic heterocycles. The highest BCUT2D eigenvalue weighted by Gasteiger charge is 2.27. The Balaban J connectivity index is 1.51. The zero-order valence-electron chi connectivity index (χ0n) is 33.1. The number of fused-ring (bicyclic) bond motifs is 1. The normalized spacial score (nSPS) is 13.3. The van der Waals surface area contributed by atoms with Crippen molar-refractivity contribution in [2.45, 2.75) is 19.6 Å². The fourth-order valence-electron chi connectivity index (χ4n) is 5.43. The van der Waals surface area contributed by atoms with Crippen LogP contribution in [0.3, 0.4) is 0 Å². The number of benzene rings is 5. The zero-order chi connectivity index (χ0) is 50.8. The molecule has 364 valence electrons. The van der Waals surface area contributed by atoms with Gasteiger partial charge in [0.05, 0.1) is 51.4 Å². The first kappa shape index (κ1) is 52.5. The number of sulfone groups is 2. The highest BCUT2D eigenvalue weighted by molar-refractivity contribution is 7.92. The summed E-state index contributed by atoms with van der Waals surface area (Å²) in [5.41, 5.74) is -4.74. The quantitative estimate of drug-likeness (QED) is 0.0414. The Morgan fingerprint density at radius 1 is 0.500 bits per heavy atom. The van der Waals surface area contributed by atoms with Gasteiger partial charge in [-0.3, -0.25) is 18.2 Å². The molecule has 35 heteroatoms. The van der Waals surface area contributed by atoms with Crippen LogP contribution in [0.15, 0.2) is 123 Å². The fourth-order valence-corrected chi connectivity index (χ4v) is 9.81. The molecule has 0 bridgehead atoms. The monoisotopic (exact) mass is 1070 g/mol. The molecule has 0 heterocycles. The summed E-state index contributed by atoms with van der Waals surface area (Å²) in [6.07, 6.45) is 0. The lowest BCUT2D eigenvalue weighted by atomic mass is 10.1. The number of nitrogens with zero attached hydrogens (tertiary/aromatic N) is 6. The third kappa shape index (κ3) is 13.1. The molecular formula is C33H28N6O23S6. The lowest BCUT2D eigenvalue weighted by Crippen LogP contribution is -2.16. The van der Waals surface area contributed by atoms with Crippen LogP contribution in [0.5, 0.6) is 17.2 Å². The molecular weight excluding hydrogens is 1040 g/mol. The highest BCUT2D eigenvalue weighted by Crippen LogP contribution is 2.48. The SMILES string of the molecule is O=C(O)c1cc(O)c(N=Nc2ccc3cc(S(=O)(=O)O)c(N=Nc4ccc(S(=O)(=O)CCOS(=O)(=O)O)cc4S(=O)(=O)O)c(O)c3c2)c(O)c1N=Nc1ccc(S(=O)(=O)CCOS(=O)(=O)O)cc1. The van der Waals surface area contributed by atoms with E-state index in [9.17, 15) is 84.8 Å². The first-order valence-corrected chi connectivity index (χ1v) is 26.4. The van der Waals surface area contributed by atoms with Gasteiger partial charge < -0.3 is 20.4 Å². The van der Waals surface area contributed by atoms with Crippen LogP contribution in [-0.2, 0) is 69.1 Å². The maximum atomic E-state index is 12.7. The molecule has 29 nitrogen and oxygen atoms in total. The molecule has 0 saturated carbocycles. The van der Waals surface area contributed by atoms with Gasteiger partial charge in [0.1, 0.15) is 32.6 Å². The third-order valence-corrected chi connectivity index (χ3v) is 14.5. The number of carboxylic acid groups (broad SMARTS) is 1. The second-order valence-corrected chi connectivity index (χ2v) is 22.3. The lowest BCUT2D eigenvalue weighted by Gasteiger charge is -2.10. The summed E-state index contributed by atoms with van der Waals surface area (Å²) >= 11 is 0. The number of aromatic carboxylic acids is 1. The molecule has 0 fully saturated rings. The van der Waals surface area contributed by atoms with Crippen molar-refractivity contribution in [2.75, 3.05) is 24.7 Å². The molecule has 0 aliphatic rings. The average Bonchev–Trinajstić information content (AvgIpc) is 3.21. The minimum atomic E-state index is -5.38. The predicted octanol–water partition coefficient (Wildman–Crippen LogP) is 4.58. The summed E-state index contributed by atoms with van der Waals surface area (Å²) in [5.74, 6) is -6.89. The van der Waals surface area contributed by atoms with Crippen molar-refractivity contribution in [1.82, 2.24) is 0 Å². The van der Waals surface area contributed by atoms with Crippen molar-refractivity contribution in [3.8, 4) is 17.2 Å². The summed E-state index contributed by atoms with van der Waals surface area (Å²) in [6, 6.07) is 10.5. The summed E-state index contributed by atoms with van der Waals surface area (Å²) in [7, 11) is -29.4. The highest BCUT2D eigenvalue weighted by atomic mass is 32.3. The van der Waals surface area contributed by atoms with Gasteiger partial charge in [-0.15, -0.1) is 20.5 Å². The first-order valence-electron chi connectivity index (χ1n) is 17.5. The van der Waals surface area contributed by atoms with E-state index >= 15 is 0 Å². The molecule has 0 unspecified atom stereocenters. The number of carboxylic acids is 1. The minimum absolute atomic E-state index is 0.121. The minimum Gasteiger partial charge on any atom is -0.505 e. The van der Waals surface area contributed by atoms with Crippen molar-refractivity contribution in [3.63, 3.8) is 0 Å². The van der Waals surface area contributed by atoms with Crippen LogP contribution < -0.4 is 0 Å². The molecule has 8 N–H and O–H groups in total. The van der Waals surface area contributed by atoms with Crippen molar-refractivity contribution >= 4 is 112 Å². The van der Waals surface area contributed by atoms with Crippen LogP contribution >= 0.6 is 0 Å². The summed E-state index contributed by atoms with van der Waals surface area (Å²) in [6.45, 7) is -2.03. The van der Waals surface area contributed by atoms with Crippen molar-refractivity contribution in [2.24, 2.45) is 30.7 Å². The van der Waals surface area contributed by atoms with Gasteiger partial charge in [0.15, 0.2) is 36.9 Å². The smallest absolute Gasteiger partial charge is 0.397 e. The molecule has 5 aromatic carbocycles. The number of phenolic OH excluding ortho intramolecular Hbond substituents is 3. The maximum absolute atomic E-state index is 12.7. The van der Waals surface area contributed by atoms with E-state index in [1.165, 1.54) is 0 Å². The number of aromatic hydroxyl groups is 3. The standard InChI is InChI=1S/C33H28N6O23S6/c40-25-16-23(33(43)44)28(37-34-18-3-5-20(6-4-18)63(45,46)11-9-61-67(55,56)57)32(42)29(25)38-35-19-2-1-17-13-27(66(52,53)54)30(31(41)22(17)14-19)39-36-24-8-7-21(15-26(24)65(49,50)51)64(47,48)12-10-62-68(58,59)60/h1-8,13-16,40-42H,9-12H2,(H,43,44)(H,49,50,51)(H,52,53,54)(H,55,56,57)(H,58,59,60). The summed E-state index contributed by atoms with van der Waals surface area (Å²) in [4.78, 5) is 8.45. The van der Waals surface area contributed by atoms with E-state index in [0.29, 0.717) is 24.3 Å². The number of hydrogen-bond donors (Lipinski definition) is 8. The van der Waals surface area contributed by atoms with Crippen LogP contribution in [0.4, 0.5) is 34.1 Å². The van der Waals surface area contributed by atoms with Crippen LogP contribution in [0.1, 0.15) is 10.4 Å². The number of phenols is 3. The number of hydrogen-bond acceptors (Lipinski definition) is 24. The van der Waals surface area contributed by atoms with Gasteiger partial charge in [0, 0.05) is 5.39 Å². The molecule has 0 spiro atoms. The van der Waals surface area contributed by atoms with Crippen LogP contribution in [0, 0.1) is 0 Å². The average molecular weight is 1070 g/mol. The molecule has 0 aliphatic carbocycles. The van der Waals surface area contributed by atoms with E-state index in [1.807, 2.05) is 0 Å². The van der Waals surface area contributed by atoms with Gasteiger partial charge in [0.2, 0.25) is 0 Å². The molecule has 0 aromatic heterocycles. The molecule has 0 saturated heterocycles. The molecule has 68 heavy (non-hydrogen) atoms. The Labute approximate surface area is 382 Å². The molecule has 0 radical (unpaired) electrons. The maximum Gasteiger partial charge on any atom is 0.397 e. The Morgan fingerprint density at radius 3 is 1.54 bits per heavy atom. The van der Waals surface area contributed by atoms with Gasteiger partial charge in [-0.2, -0.15) is 43.9 Å². The van der Waals surface area contributed by atoms with E-state index in [4.69, 9.17) is 9.11 Å². The number of rotatable bonds is 19. The molecule has 5 aromatic rings. The van der Waals surface area contributed by atoms with Crippen molar-refractivity contribution in [3.05, 3.63) is 78.4 Å². The van der Waals surface area contributed by atoms with E-state index in [2.05, 4.69) is 39.1 Å². The van der Waals surface area contributed by atoms with Crippen LogP contribution in [-0.4, -0.2) is 120 Å². The van der Waals surface area contributed by atoms with E-state index < -0.39 is 152 Å². The Morgan fingerprint density at radius 2 is 1.00 bits per heavy atom. The largest absolute Gasteiger partial charge is 0.505 e. The second-order valence-electron chi connectivity index (χ2n) is 13.1. The van der Waals surface area contributed by atoms with Gasteiger partial charge in [-0.1, -0.05) is 6.07 Å². The van der Waals surface area contributed by atoms with E-state index in [1.54, 1.807) is 0 Å². The van der Waals surface area contributed by atoms with Crippen LogP contribution in [0.2, 0.25) is 0 Å². The van der Waals surface area contributed by atoms with Crippen molar-refractivity contribution < 1.29 is 102 Å². The number of azo groups is 3. The molecule has 0 amide bonds. The van der Waals surface area contributed by atoms with Crippen molar-refractivity contribution in [1.29, 1.82) is 0 Å². The Bertz CT molecular complexity index is 3660. The van der Waals surface area contributed by atoms with Crippen LogP contribution in [0.25, 0.3) is 10.8 Å². The lowest BCUT2D eigenvalue weighted by molar-refractivity contribution is 0.0696. The third-order valence-electron chi connectivity index (χ3n) is 8.49. The van der Waals surface area contributed by atoms with Gasteiger partial charge >= 0.3 is 26.8 Å². The van der Waals surface area contributed by atoms with E-state index in [0.717, 1.165) is 48.5 Å². The van der Waals surface area contributed by atoms with Gasteiger partial charge in [0.25, 0.3) is 20.2 Å². The summed E-state index contributed by atoms with van der Waals surface area (Å²) in [5, 5.41) is 64.1. The van der Waals surface area contributed by atoms with Gasteiger partial charge in [-0.05, 0) is 72.1 Å². The first-order chi connectivity index (χ1) is 31.3. The molecule has 0 atom stereocenters. The second kappa shape index (κ2) is 19.6. The fraction of sp³-hybridized carbons (Fsp3) is 0.121. The predicted molar refractivity (Wildman–Crippen MR) is 226 cm³/mol. The Kier molecular flexibility index (Phi) is 15.1. The zero-order valence-corrected chi connectivity index (χ0v) is 38.0. The topological polar surface area (TPSA) is 476 Å². The van der Waals surface area contributed by atoms with E-state index in [-0.39, 0.29) is 27.0 Å². The summed E-state index contributed by atoms with van der Waals surface area (Å²) < 4.78 is 188. The number of carbonyl (C=O) groups is 1.